The molecule has 0 radical (unpaired) electrons. The average molecular weight is 246 g/mol. The van der Waals surface area contributed by atoms with E-state index < -0.39 is 0 Å². The summed E-state index contributed by atoms with van der Waals surface area (Å²) < 4.78 is 5.59. The molecule has 2 N–H and O–H groups in total. The number of nitrogens with zero attached hydrogens (tertiary/aromatic N) is 1. The third-order valence-corrected chi connectivity index (χ3v) is 3.33. The average Bonchev–Trinajstić information content (AvgIpc) is 2.23. The zero-order valence-electron chi connectivity index (χ0n) is 10.3. The number of ether oxygens (including phenoxy) is 1. The Labute approximate surface area is 102 Å². The second-order valence-corrected chi connectivity index (χ2v) is 5.37. The predicted octanol–water partition coefficient (Wildman–Crippen LogP) is 0.703. The summed E-state index contributed by atoms with van der Waals surface area (Å²) in [4.78, 5) is 13.9. The first-order valence-electron chi connectivity index (χ1n) is 5.73. The van der Waals surface area contributed by atoms with Crippen molar-refractivity contribution in [1.29, 1.82) is 0 Å². The van der Waals surface area contributed by atoms with Crippen molar-refractivity contribution in [3.05, 3.63) is 0 Å². The molecule has 1 aliphatic rings. The van der Waals surface area contributed by atoms with Crippen molar-refractivity contribution in [2.24, 2.45) is 5.73 Å². The maximum absolute atomic E-state index is 12.0. The van der Waals surface area contributed by atoms with Gasteiger partial charge in [0.2, 0.25) is 5.91 Å². The second-order valence-electron chi connectivity index (χ2n) is 4.39. The maximum atomic E-state index is 12.0. The molecule has 0 aromatic rings. The third-order valence-electron chi connectivity index (χ3n) is 2.68. The molecule has 3 atom stereocenters. The minimum absolute atomic E-state index is 0.0658. The Morgan fingerprint density at radius 1 is 1.50 bits per heavy atom. The Balaban J connectivity index is 2.45. The molecule has 0 saturated carbocycles. The predicted molar refractivity (Wildman–Crippen MR) is 67.6 cm³/mol. The van der Waals surface area contributed by atoms with Crippen LogP contribution in [0, 0.1) is 0 Å². The fourth-order valence-corrected chi connectivity index (χ4v) is 2.45. The van der Waals surface area contributed by atoms with Gasteiger partial charge in [-0.1, -0.05) is 0 Å². The molecule has 94 valence electrons. The monoisotopic (exact) mass is 246 g/mol. The van der Waals surface area contributed by atoms with E-state index >= 15 is 0 Å². The summed E-state index contributed by atoms with van der Waals surface area (Å²) in [5, 5.41) is 0. The number of amides is 1. The van der Waals surface area contributed by atoms with E-state index in [1.807, 2.05) is 25.0 Å². The molecule has 1 fully saturated rings. The molecule has 3 unspecified atom stereocenters. The minimum atomic E-state index is -0.357. The van der Waals surface area contributed by atoms with Gasteiger partial charge in [-0.15, -0.1) is 0 Å². The molecular formula is C11H22N2O2S. The second kappa shape index (κ2) is 6.47. The van der Waals surface area contributed by atoms with Gasteiger partial charge in [0.05, 0.1) is 18.2 Å². The van der Waals surface area contributed by atoms with Crippen LogP contribution in [0.2, 0.25) is 0 Å². The molecule has 1 saturated heterocycles. The fraction of sp³-hybridized carbons (Fsp3) is 0.909. The van der Waals surface area contributed by atoms with Crippen LogP contribution in [-0.2, 0) is 9.53 Å². The van der Waals surface area contributed by atoms with Crippen molar-refractivity contribution in [3.63, 3.8) is 0 Å². The molecule has 0 bridgehead atoms. The topological polar surface area (TPSA) is 55.6 Å². The highest BCUT2D eigenvalue weighted by Gasteiger charge is 2.28. The molecule has 16 heavy (non-hydrogen) atoms. The Morgan fingerprint density at radius 3 is 2.56 bits per heavy atom. The van der Waals surface area contributed by atoms with Gasteiger partial charge in [0.15, 0.2) is 0 Å². The van der Waals surface area contributed by atoms with Gasteiger partial charge in [-0.25, -0.2) is 0 Å². The van der Waals surface area contributed by atoms with E-state index in [1.165, 1.54) is 0 Å². The van der Waals surface area contributed by atoms with E-state index in [-0.39, 0.29) is 24.2 Å². The normalized spacial score (nSPS) is 27.9. The Morgan fingerprint density at radius 2 is 2.06 bits per heavy atom. The van der Waals surface area contributed by atoms with Crippen molar-refractivity contribution in [2.75, 3.05) is 25.1 Å². The number of rotatable bonds is 4. The Hall–Kier alpha value is -0.260. The number of carbonyl (C=O) groups excluding carboxylic acids is 1. The van der Waals surface area contributed by atoms with Crippen LogP contribution >= 0.6 is 11.8 Å². The number of nitrogens with two attached hydrogens (primary N) is 1. The summed E-state index contributed by atoms with van der Waals surface area (Å²) >= 11 is 1.72. The quantitative estimate of drug-likeness (QED) is 0.793. The highest BCUT2D eigenvalue weighted by Crippen LogP contribution is 2.12. The van der Waals surface area contributed by atoms with Gasteiger partial charge in [-0.2, -0.15) is 11.8 Å². The number of carbonyl (C=O) groups is 1. The van der Waals surface area contributed by atoms with Crippen LogP contribution in [0.25, 0.3) is 0 Å². The van der Waals surface area contributed by atoms with E-state index in [2.05, 4.69) is 0 Å². The van der Waals surface area contributed by atoms with Crippen LogP contribution in [0.4, 0.5) is 0 Å². The summed E-state index contributed by atoms with van der Waals surface area (Å²) in [6, 6.07) is -0.357. The van der Waals surface area contributed by atoms with Gasteiger partial charge in [-0.3, -0.25) is 4.79 Å². The summed E-state index contributed by atoms with van der Waals surface area (Å²) in [6.45, 7) is 5.30. The zero-order valence-corrected chi connectivity index (χ0v) is 11.1. The standard InChI is InChI=1S/C11H22N2O2S/c1-8-6-13(7-9(2)15-8)11(14)10(12)4-5-16-3/h8-10H,4-7,12H2,1-3H3. The van der Waals surface area contributed by atoms with E-state index in [0.717, 1.165) is 12.2 Å². The number of thioether (sulfide) groups is 1. The lowest BCUT2D eigenvalue weighted by atomic mass is 10.1. The van der Waals surface area contributed by atoms with Crippen molar-refractivity contribution in [3.8, 4) is 0 Å². The molecule has 1 heterocycles. The van der Waals surface area contributed by atoms with Crippen LogP contribution in [0.3, 0.4) is 0 Å². The first-order valence-corrected chi connectivity index (χ1v) is 7.12. The van der Waals surface area contributed by atoms with Crippen molar-refractivity contribution in [1.82, 2.24) is 4.90 Å². The summed E-state index contributed by atoms with van der Waals surface area (Å²) in [5.74, 6) is 0.999. The van der Waals surface area contributed by atoms with Gasteiger partial charge in [0, 0.05) is 13.1 Å². The van der Waals surface area contributed by atoms with Crippen molar-refractivity contribution >= 4 is 17.7 Å². The lowest BCUT2D eigenvalue weighted by Crippen LogP contribution is -2.53. The smallest absolute Gasteiger partial charge is 0.239 e. The molecule has 4 nitrogen and oxygen atoms in total. The van der Waals surface area contributed by atoms with Gasteiger partial charge < -0.3 is 15.4 Å². The van der Waals surface area contributed by atoms with Gasteiger partial charge in [0.1, 0.15) is 0 Å². The molecule has 1 rings (SSSR count). The van der Waals surface area contributed by atoms with Crippen LogP contribution in [-0.4, -0.2) is 54.2 Å². The number of hydrogen-bond donors (Lipinski definition) is 1. The van der Waals surface area contributed by atoms with Gasteiger partial charge in [0.25, 0.3) is 0 Å². The maximum Gasteiger partial charge on any atom is 0.239 e. The number of hydrogen-bond acceptors (Lipinski definition) is 4. The van der Waals surface area contributed by atoms with Crippen LogP contribution in [0.1, 0.15) is 20.3 Å². The SMILES string of the molecule is CSCCC(N)C(=O)N1CC(C)OC(C)C1. The van der Waals surface area contributed by atoms with Crippen LogP contribution in [0.15, 0.2) is 0 Å². The third kappa shape index (κ3) is 3.96. The highest BCUT2D eigenvalue weighted by molar-refractivity contribution is 7.98. The fourth-order valence-electron chi connectivity index (χ4n) is 1.96. The Kier molecular flexibility index (Phi) is 5.58. The molecule has 1 amide bonds. The summed E-state index contributed by atoms with van der Waals surface area (Å²) in [7, 11) is 0. The van der Waals surface area contributed by atoms with E-state index in [9.17, 15) is 4.79 Å². The summed E-state index contributed by atoms with van der Waals surface area (Å²) in [6.07, 6.45) is 3.00. The number of morpholine rings is 1. The minimum Gasteiger partial charge on any atom is -0.372 e. The lowest BCUT2D eigenvalue weighted by molar-refractivity contribution is -0.144. The lowest BCUT2D eigenvalue weighted by Gasteiger charge is -2.36. The van der Waals surface area contributed by atoms with E-state index in [0.29, 0.717) is 13.1 Å². The van der Waals surface area contributed by atoms with Crippen molar-refractivity contribution < 1.29 is 9.53 Å². The largest absolute Gasteiger partial charge is 0.372 e. The first kappa shape index (κ1) is 13.8. The van der Waals surface area contributed by atoms with Gasteiger partial charge in [-0.05, 0) is 32.3 Å². The summed E-state index contributed by atoms with van der Waals surface area (Å²) in [5.41, 5.74) is 5.88. The van der Waals surface area contributed by atoms with E-state index in [4.69, 9.17) is 10.5 Å². The highest BCUT2D eigenvalue weighted by atomic mass is 32.2. The van der Waals surface area contributed by atoms with Crippen molar-refractivity contribution in [2.45, 2.75) is 38.5 Å². The van der Waals surface area contributed by atoms with Crippen LogP contribution in [0.5, 0.6) is 0 Å². The molecular weight excluding hydrogens is 224 g/mol. The molecule has 0 aromatic carbocycles. The zero-order chi connectivity index (χ0) is 12.1. The molecule has 5 heteroatoms. The van der Waals surface area contributed by atoms with E-state index in [1.54, 1.807) is 11.8 Å². The molecule has 1 aliphatic heterocycles. The van der Waals surface area contributed by atoms with Crippen LogP contribution < -0.4 is 5.73 Å². The first-order chi connectivity index (χ1) is 7.54. The Bertz CT molecular complexity index is 228. The molecule has 0 aliphatic carbocycles. The molecule has 0 spiro atoms. The van der Waals surface area contributed by atoms with Gasteiger partial charge >= 0.3 is 0 Å². The molecule has 0 aromatic heterocycles.